The van der Waals surface area contributed by atoms with Crippen molar-refractivity contribution in [3.8, 4) is 0 Å². The van der Waals surface area contributed by atoms with E-state index in [1.807, 2.05) is 0 Å². The molecule has 3 rings (SSSR count). The molecule has 0 fully saturated rings. The monoisotopic (exact) mass is 386 g/mol. The lowest BCUT2D eigenvalue weighted by Crippen LogP contribution is -2.34. The summed E-state index contributed by atoms with van der Waals surface area (Å²) in [6.07, 6.45) is 0. The van der Waals surface area contributed by atoms with Crippen LogP contribution in [-0.4, -0.2) is 28.6 Å². The first kappa shape index (κ1) is 16.1. The van der Waals surface area contributed by atoms with Crippen molar-refractivity contribution in [2.75, 3.05) is 4.90 Å². The second-order valence-corrected chi connectivity index (χ2v) is 6.05. The number of amides is 2. The quantitative estimate of drug-likeness (QED) is 0.858. The highest BCUT2D eigenvalue weighted by Crippen LogP contribution is 2.33. The molecule has 1 aliphatic heterocycles. The summed E-state index contributed by atoms with van der Waals surface area (Å²) < 4.78 is 0.742. The number of anilines is 1. The highest BCUT2D eigenvalue weighted by molar-refractivity contribution is 9.10. The van der Waals surface area contributed by atoms with E-state index in [1.54, 1.807) is 30.3 Å². The van der Waals surface area contributed by atoms with Gasteiger partial charge in [0, 0.05) is 17.0 Å². The van der Waals surface area contributed by atoms with Crippen LogP contribution in [0.1, 0.15) is 22.8 Å². The molecule has 6 nitrogen and oxygen atoms in total. The van der Waals surface area contributed by atoms with Gasteiger partial charge in [-0.2, -0.15) is 0 Å². The average Bonchev–Trinajstić information content (AvgIpc) is 2.80. The number of fused-ring (bicyclic) bond motifs is 1. The van der Waals surface area contributed by atoms with E-state index in [2.05, 4.69) is 20.9 Å². The number of carbonyl (C=O) groups is 3. The van der Waals surface area contributed by atoms with E-state index in [0.29, 0.717) is 16.9 Å². The number of nitrogens with zero attached hydrogens (tertiary/aromatic N) is 2. The second-order valence-electron chi connectivity index (χ2n) is 5.14. The maximum atomic E-state index is 12.6. The molecule has 0 aliphatic carbocycles. The number of rotatable bonds is 2. The van der Waals surface area contributed by atoms with E-state index in [9.17, 15) is 14.4 Å². The summed E-state index contributed by atoms with van der Waals surface area (Å²) in [7, 11) is 0. The number of aromatic carboxylic acids is 1. The Morgan fingerprint density at radius 2 is 1.92 bits per heavy atom. The van der Waals surface area contributed by atoms with Crippen LogP contribution in [0.5, 0.6) is 0 Å². The van der Waals surface area contributed by atoms with Gasteiger partial charge in [-0.15, -0.1) is 0 Å². The van der Waals surface area contributed by atoms with Gasteiger partial charge in [-0.1, -0.05) is 22.0 Å². The van der Waals surface area contributed by atoms with Gasteiger partial charge in [-0.25, -0.2) is 14.7 Å². The van der Waals surface area contributed by atoms with Crippen molar-refractivity contribution >= 4 is 50.8 Å². The van der Waals surface area contributed by atoms with Gasteiger partial charge in [0.2, 0.25) is 5.91 Å². The van der Waals surface area contributed by atoms with Gasteiger partial charge in [0.15, 0.2) is 0 Å². The van der Waals surface area contributed by atoms with Crippen LogP contribution < -0.4 is 4.90 Å². The normalized spacial score (nSPS) is 14.8. The average molecular weight is 387 g/mol. The predicted molar refractivity (Wildman–Crippen MR) is 91.9 cm³/mol. The molecule has 1 aliphatic rings. The third-order valence-corrected chi connectivity index (χ3v) is 4.00. The van der Waals surface area contributed by atoms with Crippen LogP contribution in [0.3, 0.4) is 0 Å². The molecule has 0 unspecified atom stereocenters. The Hall–Kier alpha value is -2.80. The number of hydrogen-bond donors (Lipinski definition) is 1. The molecule has 120 valence electrons. The van der Waals surface area contributed by atoms with Gasteiger partial charge in [0.25, 0.3) is 5.91 Å². The fraction of sp³-hybridized carbons (Fsp3) is 0.0588. The minimum atomic E-state index is -1.08. The Kier molecular flexibility index (Phi) is 4.02. The zero-order chi connectivity index (χ0) is 17.4. The fourth-order valence-corrected chi connectivity index (χ4v) is 2.84. The van der Waals surface area contributed by atoms with E-state index in [-0.39, 0.29) is 11.3 Å². The van der Waals surface area contributed by atoms with Gasteiger partial charge in [-0.05, 0) is 36.4 Å². The highest BCUT2D eigenvalue weighted by Gasteiger charge is 2.36. The second kappa shape index (κ2) is 6.01. The Labute approximate surface area is 145 Å². The Morgan fingerprint density at radius 3 is 2.58 bits per heavy atom. The van der Waals surface area contributed by atoms with Crippen LogP contribution in [0.2, 0.25) is 0 Å². The molecule has 2 aromatic rings. The lowest BCUT2D eigenvalue weighted by Gasteiger charge is -2.11. The van der Waals surface area contributed by atoms with E-state index < -0.39 is 17.8 Å². The van der Waals surface area contributed by atoms with Gasteiger partial charge in [0.1, 0.15) is 5.71 Å². The van der Waals surface area contributed by atoms with E-state index in [0.717, 1.165) is 9.37 Å². The molecule has 2 amide bonds. The van der Waals surface area contributed by atoms with E-state index in [4.69, 9.17) is 5.11 Å². The van der Waals surface area contributed by atoms with Gasteiger partial charge in [-0.3, -0.25) is 9.59 Å². The predicted octanol–water partition coefficient (Wildman–Crippen LogP) is 3.16. The molecular formula is C17H11BrN2O4. The summed E-state index contributed by atoms with van der Waals surface area (Å²) in [6, 6.07) is 11.1. The highest BCUT2D eigenvalue weighted by atomic mass is 79.9. The molecule has 1 N–H and O–H groups in total. The zero-order valence-corrected chi connectivity index (χ0v) is 14.1. The largest absolute Gasteiger partial charge is 0.478 e. The molecule has 24 heavy (non-hydrogen) atoms. The summed E-state index contributed by atoms with van der Waals surface area (Å²) in [5.41, 5.74) is 1.48. The summed E-state index contributed by atoms with van der Waals surface area (Å²) >= 11 is 3.34. The lowest BCUT2D eigenvalue weighted by molar-refractivity contribution is -0.121. The van der Waals surface area contributed by atoms with Crippen LogP contribution in [0.15, 0.2) is 51.9 Å². The molecule has 0 aromatic heterocycles. The van der Waals surface area contributed by atoms with Crippen molar-refractivity contribution in [1.82, 2.24) is 0 Å². The SMILES string of the molecule is CC(=O)N1C(=O)C(=Nc2cccc(C(=O)O)c2)c2cc(Br)ccc21. The van der Waals surface area contributed by atoms with Crippen LogP contribution >= 0.6 is 15.9 Å². The summed E-state index contributed by atoms with van der Waals surface area (Å²) in [4.78, 5) is 40.8. The van der Waals surface area contributed by atoms with Gasteiger partial charge in [0.05, 0.1) is 16.9 Å². The number of hydrogen-bond acceptors (Lipinski definition) is 4. The first-order chi connectivity index (χ1) is 11.4. The minimum absolute atomic E-state index is 0.0696. The van der Waals surface area contributed by atoms with Crippen LogP contribution in [0.4, 0.5) is 11.4 Å². The molecule has 0 saturated heterocycles. The fourth-order valence-electron chi connectivity index (χ4n) is 2.48. The third-order valence-electron chi connectivity index (χ3n) is 3.51. The summed E-state index contributed by atoms with van der Waals surface area (Å²) in [6.45, 7) is 1.30. The standard InChI is InChI=1S/C17H11BrN2O4/c1-9(21)20-14-6-5-11(18)8-13(14)15(16(20)22)19-12-4-2-3-10(7-12)17(23)24/h2-8H,1H3,(H,23,24). The lowest BCUT2D eigenvalue weighted by atomic mass is 10.1. The molecule has 0 saturated carbocycles. The van der Waals surface area contributed by atoms with Crippen molar-refractivity contribution in [2.45, 2.75) is 6.92 Å². The molecule has 0 bridgehead atoms. The maximum absolute atomic E-state index is 12.6. The number of halogens is 1. The summed E-state index contributed by atoms with van der Waals surface area (Å²) in [5, 5.41) is 9.06. The molecule has 1 heterocycles. The Bertz CT molecular complexity index is 921. The van der Waals surface area contributed by atoms with Crippen LogP contribution in [0.25, 0.3) is 0 Å². The van der Waals surface area contributed by atoms with Crippen molar-refractivity contribution in [3.05, 3.63) is 58.1 Å². The van der Waals surface area contributed by atoms with Crippen molar-refractivity contribution in [2.24, 2.45) is 4.99 Å². The molecule has 0 radical (unpaired) electrons. The number of carboxylic acids is 1. The van der Waals surface area contributed by atoms with E-state index >= 15 is 0 Å². The smallest absolute Gasteiger partial charge is 0.335 e. The molecule has 0 atom stereocenters. The van der Waals surface area contributed by atoms with Crippen molar-refractivity contribution in [1.29, 1.82) is 0 Å². The van der Waals surface area contributed by atoms with Crippen LogP contribution in [0, 0.1) is 0 Å². The van der Waals surface area contributed by atoms with Gasteiger partial charge >= 0.3 is 5.97 Å². The zero-order valence-electron chi connectivity index (χ0n) is 12.5. The first-order valence-electron chi connectivity index (χ1n) is 6.95. The van der Waals surface area contributed by atoms with Crippen LogP contribution in [-0.2, 0) is 9.59 Å². The van der Waals surface area contributed by atoms with Crippen molar-refractivity contribution < 1.29 is 19.5 Å². The summed E-state index contributed by atoms with van der Waals surface area (Å²) in [5.74, 6) is -2.02. The first-order valence-corrected chi connectivity index (χ1v) is 7.75. The molecule has 7 heteroatoms. The number of imide groups is 1. The number of carboxylic acid groups (broad SMARTS) is 1. The molecule has 2 aromatic carbocycles. The Morgan fingerprint density at radius 1 is 1.17 bits per heavy atom. The number of benzene rings is 2. The maximum Gasteiger partial charge on any atom is 0.335 e. The third kappa shape index (κ3) is 2.74. The molecule has 0 spiro atoms. The minimum Gasteiger partial charge on any atom is -0.478 e. The van der Waals surface area contributed by atoms with Crippen molar-refractivity contribution in [3.63, 3.8) is 0 Å². The number of aliphatic imine (C=N–C) groups is 1. The van der Waals surface area contributed by atoms with E-state index in [1.165, 1.54) is 19.1 Å². The Balaban J connectivity index is 2.16. The number of carbonyl (C=O) groups excluding carboxylic acids is 2. The topological polar surface area (TPSA) is 87.0 Å². The van der Waals surface area contributed by atoms with Gasteiger partial charge < -0.3 is 5.11 Å². The molecular weight excluding hydrogens is 376 g/mol.